The molecule has 0 fully saturated rings. The smallest absolute Gasteiger partial charge is 0.234 e. The number of thioether (sulfide) groups is 1. The molecule has 0 aliphatic carbocycles. The van der Waals surface area contributed by atoms with Crippen molar-refractivity contribution in [2.45, 2.75) is 26.5 Å². The topological polar surface area (TPSA) is 55.4 Å². The molecule has 2 aromatic rings. The van der Waals surface area contributed by atoms with E-state index in [1.807, 2.05) is 32.0 Å². The highest BCUT2D eigenvalue weighted by molar-refractivity contribution is 7.99. The van der Waals surface area contributed by atoms with Crippen molar-refractivity contribution in [1.29, 1.82) is 0 Å². The molecule has 2 rings (SSSR count). The van der Waals surface area contributed by atoms with Crippen molar-refractivity contribution in [3.05, 3.63) is 58.1 Å². The van der Waals surface area contributed by atoms with Crippen LogP contribution in [-0.4, -0.2) is 24.1 Å². The summed E-state index contributed by atoms with van der Waals surface area (Å²) >= 11 is 7.40. The minimum atomic E-state index is -0.0823. The second-order valence-corrected chi connectivity index (χ2v) is 7.23. The van der Waals surface area contributed by atoms with Gasteiger partial charge in [0.1, 0.15) is 5.75 Å². The lowest BCUT2D eigenvalue weighted by Crippen LogP contribution is -2.15. The number of ether oxygens (including phenoxy) is 1. The third-order valence-electron chi connectivity index (χ3n) is 3.72. The molecule has 138 valence electrons. The molecule has 6 heteroatoms. The molecule has 1 amide bonds. The minimum Gasteiger partial charge on any atom is -0.494 e. The first kappa shape index (κ1) is 20.3. The molecular weight excluding hydrogens is 370 g/mol. The molecular formula is C20H22ClNO3S. The van der Waals surface area contributed by atoms with Crippen LogP contribution < -0.4 is 10.1 Å². The van der Waals surface area contributed by atoms with Gasteiger partial charge in [0.2, 0.25) is 5.91 Å². The number of hydrogen-bond donors (Lipinski definition) is 1. The third kappa shape index (κ3) is 5.78. The molecule has 2 aromatic carbocycles. The van der Waals surface area contributed by atoms with Crippen molar-refractivity contribution in [1.82, 2.24) is 0 Å². The van der Waals surface area contributed by atoms with Crippen molar-refractivity contribution < 1.29 is 14.3 Å². The predicted octanol–water partition coefficient (Wildman–Crippen LogP) is 5.12. The van der Waals surface area contributed by atoms with Crippen LogP contribution in [0.25, 0.3) is 0 Å². The fourth-order valence-electron chi connectivity index (χ4n) is 2.41. The van der Waals surface area contributed by atoms with Crippen molar-refractivity contribution >= 4 is 40.7 Å². The fourth-order valence-corrected chi connectivity index (χ4v) is 3.45. The Morgan fingerprint density at radius 3 is 2.62 bits per heavy atom. The molecule has 0 spiro atoms. The Hall–Kier alpha value is -1.98. The van der Waals surface area contributed by atoms with Crippen LogP contribution in [0.3, 0.4) is 0 Å². The zero-order chi connectivity index (χ0) is 19.1. The number of carbonyl (C=O) groups excluding carboxylic acids is 2. The van der Waals surface area contributed by atoms with E-state index in [9.17, 15) is 9.59 Å². The van der Waals surface area contributed by atoms with Crippen LogP contribution in [-0.2, 0) is 10.5 Å². The number of hydrogen-bond acceptors (Lipinski definition) is 4. The van der Waals surface area contributed by atoms with E-state index in [0.29, 0.717) is 28.7 Å². The Kier molecular flexibility index (Phi) is 7.54. The highest BCUT2D eigenvalue weighted by atomic mass is 35.5. The van der Waals surface area contributed by atoms with Gasteiger partial charge in [-0.15, -0.1) is 11.8 Å². The lowest BCUT2D eigenvalue weighted by molar-refractivity contribution is -0.113. The van der Waals surface area contributed by atoms with Gasteiger partial charge in [-0.3, -0.25) is 9.59 Å². The standard InChI is InChI=1S/C20H22ClNO3S/c1-4-25-19-8-5-15(14(3)23)10-16(19)11-26-12-20(24)22-18-7-6-17(21)9-13(18)2/h5-10H,4,11-12H2,1-3H3,(H,22,24). The van der Waals surface area contributed by atoms with E-state index < -0.39 is 0 Å². The van der Waals surface area contributed by atoms with Gasteiger partial charge >= 0.3 is 0 Å². The van der Waals surface area contributed by atoms with Gasteiger partial charge in [-0.2, -0.15) is 0 Å². The number of Topliss-reactive ketones (excluding diaryl/α,β-unsaturated/α-hetero) is 1. The van der Waals surface area contributed by atoms with E-state index in [2.05, 4.69) is 5.32 Å². The first-order valence-electron chi connectivity index (χ1n) is 8.31. The van der Waals surface area contributed by atoms with Gasteiger partial charge in [0.25, 0.3) is 0 Å². The lowest BCUT2D eigenvalue weighted by atomic mass is 10.1. The molecule has 0 saturated carbocycles. The van der Waals surface area contributed by atoms with Crippen LogP contribution in [0.5, 0.6) is 5.75 Å². The van der Waals surface area contributed by atoms with Crippen molar-refractivity contribution in [3.8, 4) is 5.75 Å². The number of amides is 1. The Labute approximate surface area is 163 Å². The third-order valence-corrected chi connectivity index (χ3v) is 4.94. The number of carbonyl (C=O) groups is 2. The van der Waals surface area contributed by atoms with E-state index >= 15 is 0 Å². The monoisotopic (exact) mass is 391 g/mol. The maximum absolute atomic E-state index is 12.2. The van der Waals surface area contributed by atoms with Crippen LogP contribution in [0.1, 0.15) is 35.3 Å². The number of benzene rings is 2. The molecule has 0 aliphatic rings. The molecule has 4 nitrogen and oxygen atoms in total. The Morgan fingerprint density at radius 2 is 1.96 bits per heavy atom. The molecule has 0 aliphatic heterocycles. The molecule has 0 saturated heterocycles. The highest BCUT2D eigenvalue weighted by Gasteiger charge is 2.10. The molecule has 0 unspecified atom stereocenters. The SMILES string of the molecule is CCOc1ccc(C(C)=O)cc1CSCC(=O)Nc1ccc(Cl)cc1C. The summed E-state index contributed by atoms with van der Waals surface area (Å²) in [6.45, 7) is 5.90. The van der Waals surface area contributed by atoms with E-state index in [1.165, 1.54) is 18.7 Å². The largest absolute Gasteiger partial charge is 0.494 e. The van der Waals surface area contributed by atoms with Gasteiger partial charge < -0.3 is 10.1 Å². The lowest BCUT2D eigenvalue weighted by Gasteiger charge is -2.12. The molecule has 26 heavy (non-hydrogen) atoms. The molecule has 0 radical (unpaired) electrons. The molecule has 0 bridgehead atoms. The second-order valence-electron chi connectivity index (χ2n) is 5.81. The van der Waals surface area contributed by atoms with Crippen molar-refractivity contribution in [2.75, 3.05) is 17.7 Å². The summed E-state index contributed by atoms with van der Waals surface area (Å²) in [6.07, 6.45) is 0. The number of ketones is 1. The van der Waals surface area contributed by atoms with E-state index in [0.717, 1.165) is 22.6 Å². The summed E-state index contributed by atoms with van der Waals surface area (Å²) in [5, 5.41) is 3.53. The normalized spacial score (nSPS) is 10.5. The number of nitrogens with one attached hydrogen (secondary N) is 1. The van der Waals surface area contributed by atoms with Gasteiger partial charge in [-0.05, 0) is 62.7 Å². The van der Waals surface area contributed by atoms with Crippen molar-refractivity contribution in [2.24, 2.45) is 0 Å². The van der Waals surface area contributed by atoms with Crippen LogP contribution in [0.4, 0.5) is 5.69 Å². The Bertz CT molecular complexity index is 808. The summed E-state index contributed by atoms with van der Waals surface area (Å²) in [5.74, 6) is 1.57. The van der Waals surface area contributed by atoms with Crippen molar-refractivity contribution in [3.63, 3.8) is 0 Å². The van der Waals surface area contributed by atoms with Gasteiger partial charge in [-0.1, -0.05) is 11.6 Å². The van der Waals surface area contributed by atoms with Crippen LogP contribution in [0.15, 0.2) is 36.4 Å². The molecule has 0 heterocycles. The average molecular weight is 392 g/mol. The first-order chi connectivity index (χ1) is 12.4. The first-order valence-corrected chi connectivity index (χ1v) is 9.84. The summed E-state index contributed by atoms with van der Waals surface area (Å²) in [6, 6.07) is 10.8. The van der Waals surface area contributed by atoms with E-state index in [4.69, 9.17) is 16.3 Å². The Balaban J connectivity index is 1.96. The van der Waals surface area contributed by atoms with Gasteiger partial charge in [0.05, 0.1) is 12.4 Å². The zero-order valence-corrected chi connectivity index (χ0v) is 16.7. The molecule has 0 atom stereocenters. The predicted molar refractivity (Wildman–Crippen MR) is 109 cm³/mol. The maximum Gasteiger partial charge on any atom is 0.234 e. The zero-order valence-electron chi connectivity index (χ0n) is 15.1. The average Bonchev–Trinajstić information content (AvgIpc) is 2.59. The summed E-state index contributed by atoms with van der Waals surface area (Å²) in [4.78, 5) is 23.8. The number of rotatable bonds is 8. The summed E-state index contributed by atoms with van der Waals surface area (Å²) in [5.41, 5.74) is 3.24. The molecule has 1 N–H and O–H groups in total. The van der Waals surface area contributed by atoms with Crippen LogP contribution >= 0.6 is 23.4 Å². The summed E-state index contributed by atoms with van der Waals surface area (Å²) < 4.78 is 5.61. The highest BCUT2D eigenvalue weighted by Crippen LogP contribution is 2.26. The quantitative estimate of drug-likeness (QED) is 0.634. The number of anilines is 1. The molecule has 0 aromatic heterocycles. The van der Waals surface area contributed by atoms with Gasteiger partial charge in [0, 0.05) is 27.6 Å². The van der Waals surface area contributed by atoms with Crippen LogP contribution in [0, 0.1) is 6.92 Å². The maximum atomic E-state index is 12.2. The van der Waals surface area contributed by atoms with E-state index in [1.54, 1.807) is 18.2 Å². The van der Waals surface area contributed by atoms with Crippen LogP contribution in [0.2, 0.25) is 5.02 Å². The van der Waals surface area contributed by atoms with Gasteiger partial charge in [-0.25, -0.2) is 0 Å². The number of aryl methyl sites for hydroxylation is 1. The summed E-state index contributed by atoms with van der Waals surface area (Å²) in [7, 11) is 0. The number of halogens is 1. The minimum absolute atomic E-state index is 0.00950. The Morgan fingerprint density at radius 1 is 1.19 bits per heavy atom. The second kappa shape index (κ2) is 9.64. The fraction of sp³-hybridized carbons (Fsp3) is 0.300. The van der Waals surface area contributed by atoms with E-state index in [-0.39, 0.29) is 11.7 Å². The van der Waals surface area contributed by atoms with Gasteiger partial charge in [0.15, 0.2) is 5.78 Å².